The van der Waals surface area contributed by atoms with Crippen molar-refractivity contribution in [2.75, 3.05) is 7.05 Å². The number of likely N-dealkylation sites (N-methyl/N-ethyl adjacent to an activating group) is 1. The first kappa shape index (κ1) is 16.0. The topological polar surface area (TPSA) is 12.0 Å². The third-order valence-electron chi connectivity index (χ3n) is 3.78. The molecular weight excluding hydrogens is 285 g/mol. The highest BCUT2D eigenvalue weighted by atomic mass is 35.5. The summed E-state index contributed by atoms with van der Waals surface area (Å²) in [7, 11) is 1.94. The standard InChI is InChI=1S/C18H21ClFN/c1-13-3-5-14(6-4-13)7-9-17(21-2)12-15-11-16(20)8-10-18(15)19/h3-6,8,10-11,17,21H,7,9,12H2,1-2H3. The summed E-state index contributed by atoms with van der Waals surface area (Å²) in [6, 6.07) is 13.4. The maximum absolute atomic E-state index is 13.3. The van der Waals surface area contributed by atoms with Crippen molar-refractivity contribution < 1.29 is 4.39 Å². The molecule has 0 amide bonds. The van der Waals surface area contributed by atoms with E-state index in [1.165, 1.54) is 23.3 Å². The predicted octanol–water partition coefficient (Wildman–Crippen LogP) is 4.55. The van der Waals surface area contributed by atoms with Crippen LogP contribution in [0.4, 0.5) is 4.39 Å². The molecule has 1 atom stereocenters. The molecule has 21 heavy (non-hydrogen) atoms. The van der Waals surface area contributed by atoms with Crippen molar-refractivity contribution in [3.63, 3.8) is 0 Å². The molecule has 0 saturated heterocycles. The van der Waals surface area contributed by atoms with Gasteiger partial charge in [-0.3, -0.25) is 0 Å². The highest BCUT2D eigenvalue weighted by molar-refractivity contribution is 6.31. The average molecular weight is 306 g/mol. The summed E-state index contributed by atoms with van der Waals surface area (Å²) in [5, 5.41) is 3.93. The van der Waals surface area contributed by atoms with Gasteiger partial charge >= 0.3 is 0 Å². The van der Waals surface area contributed by atoms with Crippen molar-refractivity contribution in [1.82, 2.24) is 5.32 Å². The Kier molecular flexibility index (Phi) is 5.77. The fraction of sp³-hybridized carbons (Fsp3) is 0.333. The molecule has 0 aliphatic rings. The van der Waals surface area contributed by atoms with Crippen LogP contribution in [-0.2, 0) is 12.8 Å². The molecule has 112 valence electrons. The van der Waals surface area contributed by atoms with Crippen molar-refractivity contribution in [2.24, 2.45) is 0 Å². The Hall–Kier alpha value is -1.38. The molecule has 0 fully saturated rings. The summed E-state index contributed by atoms with van der Waals surface area (Å²) in [6.07, 6.45) is 2.73. The van der Waals surface area contributed by atoms with Gasteiger partial charge in [0.05, 0.1) is 0 Å². The van der Waals surface area contributed by atoms with Gasteiger partial charge in [0.15, 0.2) is 0 Å². The molecule has 0 spiro atoms. The zero-order valence-electron chi connectivity index (χ0n) is 12.5. The molecule has 2 aromatic carbocycles. The average Bonchev–Trinajstić information content (AvgIpc) is 2.48. The van der Waals surface area contributed by atoms with Crippen LogP contribution in [0.15, 0.2) is 42.5 Å². The van der Waals surface area contributed by atoms with Gasteiger partial charge in [0, 0.05) is 11.1 Å². The molecule has 2 aromatic rings. The van der Waals surface area contributed by atoms with E-state index in [1.807, 2.05) is 7.05 Å². The lowest BCUT2D eigenvalue weighted by atomic mass is 9.98. The molecule has 1 unspecified atom stereocenters. The van der Waals surface area contributed by atoms with Crippen molar-refractivity contribution in [3.05, 3.63) is 70.0 Å². The van der Waals surface area contributed by atoms with Gasteiger partial charge in [-0.1, -0.05) is 41.4 Å². The van der Waals surface area contributed by atoms with Crippen molar-refractivity contribution in [1.29, 1.82) is 0 Å². The van der Waals surface area contributed by atoms with Gasteiger partial charge in [-0.2, -0.15) is 0 Å². The monoisotopic (exact) mass is 305 g/mol. The maximum Gasteiger partial charge on any atom is 0.123 e. The smallest absolute Gasteiger partial charge is 0.123 e. The zero-order chi connectivity index (χ0) is 15.2. The van der Waals surface area contributed by atoms with E-state index in [1.54, 1.807) is 6.07 Å². The van der Waals surface area contributed by atoms with Crippen LogP contribution in [0.3, 0.4) is 0 Å². The number of rotatable bonds is 6. The van der Waals surface area contributed by atoms with E-state index in [0.717, 1.165) is 24.8 Å². The fourth-order valence-corrected chi connectivity index (χ4v) is 2.60. The number of hydrogen-bond acceptors (Lipinski definition) is 1. The molecule has 3 heteroatoms. The zero-order valence-corrected chi connectivity index (χ0v) is 13.3. The summed E-state index contributed by atoms with van der Waals surface area (Å²) in [5.41, 5.74) is 3.46. The van der Waals surface area contributed by atoms with Crippen LogP contribution in [0.25, 0.3) is 0 Å². The SMILES string of the molecule is CNC(CCc1ccc(C)cc1)Cc1cc(F)ccc1Cl. The van der Waals surface area contributed by atoms with Gasteiger partial charge in [-0.05, 0) is 62.6 Å². The third-order valence-corrected chi connectivity index (χ3v) is 4.15. The normalized spacial score (nSPS) is 12.4. The lowest BCUT2D eigenvalue weighted by molar-refractivity contribution is 0.518. The number of benzene rings is 2. The first-order valence-electron chi connectivity index (χ1n) is 7.25. The fourth-order valence-electron chi connectivity index (χ4n) is 2.41. The molecule has 0 aromatic heterocycles. The van der Waals surface area contributed by atoms with Gasteiger partial charge in [-0.25, -0.2) is 4.39 Å². The Morgan fingerprint density at radius 2 is 1.86 bits per heavy atom. The molecule has 0 bridgehead atoms. The maximum atomic E-state index is 13.3. The van der Waals surface area contributed by atoms with Crippen LogP contribution in [0, 0.1) is 12.7 Å². The lowest BCUT2D eigenvalue weighted by Gasteiger charge is -2.17. The summed E-state index contributed by atoms with van der Waals surface area (Å²) in [6.45, 7) is 2.09. The molecule has 1 N–H and O–H groups in total. The molecule has 0 aliphatic heterocycles. The van der Waals surface area contributed by atoms with Gasteiger partial charge in [-0.15, -0.1) is 0 Å². The van der Waals surface area contributed by atoms with Crippen LogP contribution in [0.5, 0.6) is 0 Å². The number of aryl methyl sites for hydroxylation is 2. The minimum absolute atomic E-state index is 0.234. The minimum Gasteiger partial charge on any atom is -0.317 e. The molecule has 0 saturated carbocycles. The molecule has 0 radical (unpaired) electrons. The Morgan fingerprint density at radius 1 is 1.14 bits per heavy atom. The van der Waals surface area contributed by atoms with Crippen LogP contribution in [0.2, 0.25) is 5.02 Å². The van der Waals surface area contributed by atoms with Crippen LogP contribution >= 0.6 is 11.6 Å². The summed E-state index contributed by atoms with van der Waals surface area (Å²) >= 11 is 6.14. The summed E-state index contributed by atoms with van der Waals surface area (Å²) in [5.74, 6) is -0.234. The van der Waals surface area contributed by atoms with Crippen LogP contribution < -0.4 is 5.32 Å². The van der Waals surface area contributed by atoms with E-state index in [2.05, 4.69) is 36.5 Å². The Bertz CT molecular complexity index is 580. The second-order valence-electron chi connectivity index (χ2n) is 5.45. The van der Waals surface area contributed by atoms with Gasteiger partial charge < -0.3 is 5.32 Å². The molecule has 0 aliphatic carbocycles. The Morgan fingerprint density at radius 3 is 2.52 bits per heavy atom. The first-order valence-corrected chi connectivity index (χ1v) is 7.63. The van der Waals surface area contributed by atoms with Gasteiger partial charge in [0.25, 0.3) is 0 Å². The van der Waals surface area contributed by atoms with E-state index >= 15 is 0 Å². The van der Waals surface area contributed by atoms with Gasteiger partial charge in [0.2, 0.25) is 0 Å². The van der Waals surface area contributed by atoms with E-state index in [4.69, 9.17) is 11.6 Å². The Balaban J connectivity index is 1.96. The first-order chi connectivity index (χ1) is 10.1. The number of nitrogens with one attached hydrogen (secondary N) is 1. The van der Waals surface area contributed by atoms with E-state index < -0.39 is 0 Å². The van der Waals surface area contributed by atoms with E-state index in [0.29, 0.717) is 5.02 Å². The second kappa shape index (κ2) is 7.58. The number of hydrogen-bond donors (Lipinski definition) is 1. The summed E-state index contributed by atoms with van der Waals surface area (Å²) in [4.78, 5) is 0. The molecule has 0 heterocycles. The molecule has 1 nitrogen and oxygen atoms in total. The highest BCUT2D eigenvalue weighted by Crippen LogP contribution is 2.20. The van der Waals surface area contributed by atoms with Crippen molar-refractivity contribution in [2.45, 2.75) is 32.2 Å². The summed E-state index contributed by atoms with van der Waals surface area (Å²) < 4.78 is 13.3. The van der Waals surface area contributed by atoms with Crippen LogP contribution in [-0.4, -0.2) is 13.1 Å². The highest BCUT2D eigenvalue weighted by Gasteiger charge is 2.11. The van der Waals surface area contributed by atoms with Crippen LogP contribution in [0.1, 0.15) is 23.1 Å². The predicted molar refractivity (Wildman–Crippen MR) is 87.5 cm³/mol. The molecular formula is C18H21ClFN. The third kappa shape index (κ3) is 4.83. The van der Waals surface area contributed by atoms with Crippen molar-refractivity contribution >= 4 is 11.6 Å². The quantitative estimate of drug-likeness (QED) is 0.825. The molecule has 2 rings (SSSR count). The number of halogens is 2. The largest absolute Gasteiger partial charge is 0.317 e. The minimum atomic E-state index is -0.234. The van der Waals surface area contributed by atoms with Crippen molar-refractivity contribution in [3.8, 4) is 0 Å². The second-order valence-corrected chi connectivity index (χ2v) is 5.86. The Labute approximate surface area is 131 Å². The van der Waals surface area contributed by atoms with E-state index in [-0.39, 0.29) is 11.9 Å². The van der Waals surface area contributed by atoms with E-state index in [9.17, 15) is 4.39 Å². The van der Waals surface area contributed by atoms with Gasteiger partial charge in [0.1, 0.15) is 5.82 Å². The lowest BCUT2D eigenvalue weighted by Crippen LogP contribution is -2.28.